The average molecular weight is 403 g/mol. The highest BCUT2D eigenvalue weighted by molar-refractivity contribution is 7.99. The van der Waals surface area contributed by atoms with Gasteiger partial charge in [-0.05, 0) is 31.0 Å². The van der Waals surface area contributed by atoms with E-state index in [1.807, 2.05) is 0 Å². The molecule has 6 nitrogen and oxygen atoms in total. The van der Waals surface area contributed by atoms with E-state index in [1.165, 1.54) is 31.0 Å². The highest BCUT2D eigenvalue weighted by atomic mass is 32.2. The molecule has 0 saturated carbocycles. The monoisotopic (exact) mass is 403 g/mol. The topological polar surface area (TPSA) is 84.1 Å². The number of rotatable bonds is 6. The first kappa shape index (κ1) is 20.1. The first-order valence-corrected chi connectivity index (χ1v) is 10.0. The Bertz CT molecular complexity index is 987. The van der Waals surface area contributed by atoms with Crippen LogP contribution in [0, 0.1) is 5.82 Å². The van der Waals surface area contributed by atoms with Crippen molar-refractivity contribution in [2.45, 2.75) is 37.8 Å². The number of aromatic amines is 1. The second kappa shape index (κ2) is 8.60. The summed E-state index contributed by atoms with van der Waals surface area (Å²) in [6.07, 6.45) is 2.06. The maximum absolute atomic E-state index is 13.9. The summed E-state index contributed by atoms with van der Waals surface area (Å²) in [4.78, 5) is 32.7. The second-order valence-corrected chi connectivity index (χ2v) is 7.56. The number of benzene rings is 1. The number of aromatic nitrogens is 2. The van der Waals surface area contributed by atoms with Gasteiger partial charge in [-0.15, -0.1) is 0 Å². The minimum absolute atomic E-state index is 0.263. The average Bonchev–Trinajstić information content (AvgIpc) is 2.66. The molecule has 2 aromatic rings. The number of unbranched alkanes of at least 4 members (excludes halogenated alkanes) is 1. The molecule has 0 spiro atoms. The number of hydrogen-bond donors (Lipinski definition) is 2. The van der Waals surface area contributed by atoms with Gasteiger partial charge in [0.05, 0.1) is 24.2 Å². The van der Waals surface area contributed by atoms with E-state index in [0.717, 1.165) is 18.6 Å². The first-order valence-electron chi connectivity index (χ1n) is 9.04. The number of ether oxygens (including phenoxy) is 1. The summed E-state index contributed by atoms with van der Waals surface area (Å²) >= 11 is 1.47. The molecule has 0 radical (unpaired) electrons. The molecule has 3 rings (SSSR count). The van der Waals surface area contributed by atoms with Gasteiger partial charge in [0.25, 0.3) is 5.56 Å². The zero-order chi connectivity index (χ0) is 20.3. The molecule has 0 amide bonds. The van der Waals surface area contributed by atoms with Gasteiger partial charge in [0.1, 0.15) is 11.6 Å². The van der Waals surface area contributed by atoms with Crippen LogP contribution in [-0.2, 0) is 9.53 Å². The van der Waals surface area contributed by atoms with E-state index in [-0.39, 0.29) is 16.7 Å². The Balaban J connectivity index is 2.15. The molecule has 148 valence electrons. The van der Waals surface area contributed by atoms with Crippen LogP contribution in [0.25, 0.3) is 0 Å². The lowest BCUT2D eigenvalue weighted by atomic mass is 9.82. The number of hydrogen-bond acceptors (Lipinski definition) is 6. The van der Waals surface area contributed by atoms with Crippen molar-refractivity contribution in [1.29, 1.82) is 0 Å². The minimum atomic E-state index is -0.773. The minimum Gasteiger partial charge on any atom is -0.466 e. The molecule has 0 fully saturated rings. The van der Waals surface area contributed by atoms with Crippen molar-refractivity contribution in [1.82, 2.24) is 9.97 Å². The summed E-state index contributed by atoms with van der Waals surface area (Å²) in [6.45, 7) is 3.81. The third-order valence-corrected chi connectivity index (χ3v) is 5.50. The Hall–Kier alpha value is -2.61. The number of allylic oxidation sites excluding steroid dienone is 1. The number of carbonyl (C=O) groups excluding carboxylic acids is 1. The first-order chi connectivity index (χ1) is 13.5. The predicted octanol–water partition coefficient (Wildman–Crippen LogP) is 3.81. The summed E-state index contributed by atoms with van der Waals surface area (Å²) in [7, 11) is 1.27. The van der Waals surface area contributed by atoms with E-state index in [1.54, 1.807) is 19.1 Å². The lowest BCUT2D eigenvalue weighted by molar-refractivity contribution is -0.136. The van der Waals surface area contributed by atoms with E-state index in [9.17, 15) is 14.0 Å². The van der Waals surface area contributed by atoms with Gasteiger partial charge in [-0.2, -0.15) is 0 Å². The van der Waals surface area contributed by atoms with Crippen LogP contribution in [0.5, 0.6) is 0 Å². The van der Waals surface area contributed by atoms with Gasteiger partial charge in [-0.1, -0.05) is 37.2 Å². The Kier molecular flexibility index (Phi) is 6.18. The zero-order valence-electron chi connectivity index (χ0n) is 16.0. The van der Waals surface area contributed by atoms with Crippen LogP contribution in [0.4, 0.5) is 10.2 Å². The molecule has 1 atom stereocenters. The number of fused-ring (bicyclic) bond motifs is 1. The Labute approximate surface area is 166 Å². The van der Waals surface area contributed by atoms with E-state index in [0.29, 0.717) is 22.2 Å². The number of anilines is 1. The number of halogens is 1. The summed E-state index contributed by atoms with van der Waals surface area (Å²) in [5.74, 6) is -0.581. The molecule has 0 aliphatic carbocycles. The van der Waals surface area contributed by atoms with Crippen LogP contribution < -0.4 is 10.9 Å². The fourth-order valence-corrected chi connectivity index (χ4v) is 4.16. The van der Waals surface area contributed by atoms with Crippen molar-refractivity contribution >= 4 is 23.5 Å². The van der Waals surface area contributed by atoms with Crippen molar-refractivity contribution < 1.29 is 13.9 Å². The van der Waals surface area contributed by atoms with Gasteiger partial charge >= 0.3 is 5.97 Å². The highest BCUT2D eigenvalue weighted by Gasteiger charge is 2.36. The van der Waals surface area contributed by atoms with Crippen LogP contribution in [0.2, 0.25) is 0 Å². The summed E-state index contributed by atoms with van der Waals surface area (Å²) in [6, 6.07) is 5.87. The molecule has 8 heteroatoms. The standard InChI is InChI=1S/C20H22FN3O3S/c1-4-5-9-28-20-23-17-16(18(25)24-20)15(12-7-6-8-13(21)10-12)14(11(2)22-17)19(26)27-3/h6-8,10,15H,4-5,9H2,1-3H3,(H2,22,23,24,25). The lowest BCUT2D eigenvalue weighted by Crippen LogP contribution is -2.31. The Morgan fingerprint density at radius 3 is 2.86 bits per heavy atom. The summed E-state index contributed by atoms with van der Waals surface area (Å²) < 4.78 is 18.8. The number of nitrogens with zero attached hydrogens (tertiary/aromatic N) is 1. The maximum Gasteiger partial charge on any atom is 0.336 e. The molecule has 28 heavy (non-hydrogen) atoms. The van der Waals surface area contributed by atoms with Crippen molar-refractivity contribution in [3.8, 4) is 0 Å². The van der Waals surface area contributed by atoms with Gasteiger partial charge in [0.2, 0.25) is 0 Å². The van der Waals surface area contributed by atoms with Crippen LogP contribution in [0.15, 0.2) is 45.5 Å². The molecule has 1 aromatic carbocycles. The van der Waals surface area contributed by atoms with Gasteiger partial charge in [-0.25, -0.2) is 14.2 Å². The molecular formula is C20H22FN3O3S. The SMILES string of the molecule is CCCCSc1nc2c(c(=O)[nH]1)C(c1cccc(F)c1)C(C(=O)OC)=C(C)N2. The number of esters is 1. The van der Waals surface area contributed by atoms with E-state index >= 15 is 0 Å². The van der Waals surface area contributed by atoms with Gasteiger partial charge < -0.3 is 15.0 Å². The van der Waals surface area contributed by atoms with Crippen LogP contribution >= 0.6 is 11.8 Å². The van der Waals surface area contributed by atoms with Gasteiger partial charge in [0, 0.05) is 11.4 Å². The molecular weight excluding hydrogens is 381 g/mol. The molecule has 2 heterocycles. The summed E-state index contributed by atoms with van der Waals surface area (Å²) in [5, 5.41) is 3.56. The molecule has 1 aromatic heterocycles. The molecule has 1 aliphatic heterocycles. The van der Waals surface area contributed by atoms with E-state index < -0.39 is 17.7 Å². The van der Waals surface area contributed by atoms with Crippen LogP contribution in [-0.4, -0.2) is 28.8 Å². The second-order valence-electron chi connectivity index (χ2n) is 6.48. The zero-order valence-corrected chi connectivity index (χ0v) is 16.8. The van der Waals surface area contributed by atoms with Gasteiger partial charge in [-0.3, -0.25) is 4.79 Å². The fourth-order valence-electron chi connectivity index (χ4n) is 3.21. The van der Waals surface area contributed by atoms with Gasteiger partial charge in [0.15, 0.2) is 5.16 Å². The number of H-pyrrole nitrogens is 1. The quantitative estimate of drug-likeness (QED) is 0.330. The largest absolute Gasteiger partial charge is 0.466 e. The molecule has 1 aliphatic rings. The van der Waals surface area contributed by atoms with Crippen LogP contribution in [0.3, 0.4) is 0 Å². The number of nitrogens with one attached hydrogen (secondary N) is 2. The molecule has 0 saturated heterocycles. The van der Waals surface area contributed by atoms with E-state index in [2.05, 4.69) is 22.2 Å². The van der Waals surface area contributed by atoms with Crippen LogP contribution in [0.1, 0.15) is 43.7 Å². The Morgan fingerprint density at radius 2 is 2.18 bits per heavy atom. The molecule has 2 N–H and O–H groups in total. The highest BCUT2D eigenvalue weighted by Crippen LogP contribution is 2.40. The summed E-state index contributed by atoms with van der Waals surface area (Å²) in [5.41, 5.74) is 1.19. The third-order valence-electron chi connectivity index (χ3n) is 4.54. The number of carbonyl (C=O) groups is 1. The molecule has 1 unspecified atom stereocenters. The lowest BCUT2D eigenvalue weighted by Gasteiger charge is -2.28. The predicted molar refractivity (Wildman–Crippen MR) is 107 cm³/mol. The van der Waals surface area contributed by atoms with Crippen molar-refractivity contribution in [3.63, 3.8) is 0 Å². The smallest absolute Gasteiger partial charge is 0.336 e. The number of thioether (sulfide) groups is 1. The van der Waals surface area contributed by atoms with Crippen molar-refractivity contribution in [2.24, 2.45) is 0 Å². The number of methoxy groups -OCH3 is 1. The third kappa shape index (κ3) is 3.96. The normalized spacial score (nSPS) is 15.8. The van der Waals surface area contributed by atoms with E-state index in [4.69, 9.17) is 4.74 Å². The van der Waals surface area contributed by atoms with Crippen molar-refractivity contribution in [2.75, 3.05) is 18.2 Å². The molecule has 0 bridgehead atoms. The van der Waals surface area contributed by atoms with Crippen molar-refractivity contribution in [3.05, 3.63) is 62.8 Å². The Morgan fingerprint density at radius 1 is 1.39 bits per heavy atom. The maximum atomic E-state index is 13.9. The fraction of sp³-hybridized carbons (Fsp3) is 0.350.